The Hall–Kier alpha value is -0.630. The summed E-state index contributed by atoms with van der Waals surface area (Å²) in [7, 11) is -3.72. The third kappa shape index (κ3) is 2.73. The van der Waals surface area contributed by atoms with Crippen LogP contribution >= 0.6 is 7.37 Å². The molecule has 2 atom stereocenters. The van der Waals surface area contributed by atoms with E-state index < -0.39 is 12.7 Å². The van der Waals surface area contributed by atoms with Crippen LogP contribution in [-0.2, 0) is 4.57 Å². The lowest BCUT2D eigenvalue weighted by Gasteiger charge is -2.29. The first-order valence-corrected chi connectivity index (χ1v) is 7.18. The monoisotopic (exact) mass is 242 g/mol. The van der Waals surface area contributed by atoms with Crippen LogP contribution in [0.4, 0.5) is 0 Å². The standard InChI is InChI=1S/C12H19O3P/c1-3-4-10-12(2,13)16(14,15)11-8-6-5-7-9-11/h5-9,13H,3-4,10H2,1-2H3,(H,14,15). The second-order valence-corrected chi connectivity index (χ2v) is 6.86. The molecule has 0 aliphatic heterocycles. The molecule has 0 radical (unpaired) electrons. The van der Waals surface area contributed by atoms with Crippen molar-refractivity contribution in [2.45, 2.75) is 38.5 Å². The Morgan fingerprint density at radius 3 is 2.38 bits per heavy atom. The third-order valence-electron chi connectivity index (χ3n) is 2.76. The van der Waals surface area contributed by atoms with Gasteiger partial charge in [0, 0.05) is 5.30 Å². The number of aliphatic hydroxyl groups is 1. The highest BCUT2D eigenvalue weighted by atomic mass is 31.2. The highest BCUT2D eigenvalue weighted by Crippen LogP contribution is 2.53. The van der Waals surface area contributed by atoms with Gasteiger partial charge in [-0.1, -0.05) is 38.0 Å². The van der Waals surface area contributed by atoms with Crippen molar-refractivity contribution < 1.29 is 14.6 Å². The third-order valence-corrected chi connectivity index (χ3v) is 5.29. The molecule has 1 aromatic rings. The van der Waals surface area contributed by atoms with Crippen LogP contribution < -0.4 is 5.30 Å². The van der Waals surface area contributed by atoms with Crippen molar-refractivity contribution in [2.24, 2.45) is 0 Å². The van der Waals surface area contributed by atoms with E-state index in [2.05, 4.69) is 0 Å². The SMILES string of the molecule is CCCCC(C)(O)P(=O)(O)c1ccccc1. The normalized spacial score (nSPS) is 18.8. The average molecular weight is 242 g/mol. The molecule has 90 valence electrons. The summed E-state index contributed by atoms with van der Waals surface area (Å²) in [5.41, 5.74) is 0. The molecule has 0 aliphatic rings. The van der Waals surface area contributed by atoms with Gasteiger partial charge in [0.15, 0.2) is 0 Å². The van der Waals surface area contributed by atoms with Crippen LogP contribution in [-0.4, -0.2) is 15.3 Å². The van der Waals surface area contributed by atoms with E-state index in [-0.39, 0.29) is 0 Å². The van der Waals surface area contributed by atoms with Gasteiger partial charge in [0.1, 0.15) is 5.34 Å². The van der Waals surface area contributed by atoms with Crippen molar-refractivity contribution in [1.29, 1.82) is 0 Å². The molecule has 0 amide bonds. The van der Waals surface area contributed by atoms with E-state index in [1.807, 2.05) is 6.92 Å². The molecule has 0 spiro atoms. The highest BCUT2D eigenvalue weighted by molar-refractivity contribution is 7.67. The van der Waals surface area contributed by atoms with E-state index >= 15 is 0 Å². The van der Waals surface area contributed by atoms with Crippen LogP contribution in [0, 0.1) is 0 Å². The Labute approximate surface area is 96.6 Å². The Morgan fingerprint density at radius 2 is 1.88 bits per heavy atom. The highest BCUT2D eigenvalue weighted by Gasteiger charge is 2.41. The van der Waals surface area contributed by atoms with Gasteiger partial charge < -0.3 is 10.00 Å². The van der Waals surface area contributed by atoms with E-state index in [0.717, 1.165) is 12.8 Å². The van der Waals surface area contributed by atoms with E-state index in [1.165, 1.54) is 6.92 Å². The number of hydrogen-bond donors (Lipinski definition) is 2. The maximum Gasteiger partial charge on any atom is 0.259 e. The fourth-order valence-electron chi connectivity index (χ4n) is 1.57. The molecule has 0 bridgehead atoms. The number of hydrogen-bond acceptors (Lipinski definition) is 2. The molecule has 0 aromatic heterocycles. The van der Waals surface area contributed by atoms with Crippen LogP contribution in [0.3, 0.4) is 0 Å². The predicted molar refractivity (Wildman–Crippen MR) is 66.1 cm³/mol. The first-order chi connectivity index (χ1) is 7.42. The summed E-state index contributed by atoms with van der Waals surface area (Å²) in [4.78, 5) is 10.0. The van der Waals surface area contributed by atoms with Crippen LogP contribution in [0.1, 0.15) is 33.1 Å². The zero-order valence-electron chi connectivity index (χ0n) is 9.76. The lowest BCUT2D eigenvalue weighted by molar-refractivity contribution is 0.119. The Kier molecular flexibility index (Phi) is 4.31. The summed E-state index contributed by atoms with van der Waals surface area (Å²) < 4.78 is 12.2. The van der Waals surface area contributed by atoms with Gasteiger partial charge >= 0.3 is 0 Å². The summed E-state index contributed by atoms with van der Waals surface area (Å²) in [6, 6.07) is 8.36. The van der Waals surface area contributed by atoms with E-state index in [9.17, 15) is 14.6 Å². The maximum atomic E-state index is 12.2. The van der Waals surface area contributed by atoms with Crippen molar-refractivity contribution in [3.8, 4) is 0 Å². The van der Waals surface area contributed by atoms with Crippen molar-refractivity contribution in [3.05, 3.63) is 30.3 Å². The van der Waals surface area contributed by atoms with Crippen LogP contribution in [0.2, 0.25) is 0 Å². The Balaban J connectivity index is 2.97. The molecule has 0 aliphatic carbocycles. The van der Waals surface area contributed by atoms with Gasteiger partial charge in [0.2, 0.25) is 0 Å². The van der Waals surface area contributed by atoms with Crippen molar-refractivity contribution in [3.63, 3.8) is 0 Å². The smallest absolute Gasteiger partial charge is 0.259 e. The lowest BCUT2D eigenvalue weighted by atomic mass is 10.2. The summed E-state index contributed by atoms with van der Waals surface area (Å²) in [6.07, 6.45) is 1.97. The largest absolute Gasteiger partial charge is 0.380 e. The number of unbranched alkanes of at least 4 members (excludes halogenated alkanes) is 1. The quantitative estimate of drug-likeness (QED) is 0.780. The molecule has 0 fully saturated rings. The van der Waals surface area contributed by atoms with Crippen molar-refractivity contribution in [1.82, 2.24) is 0 Å². The van der Waals surface area contributed by atoms with Gasteiger partial charge in [-0.25, -0.2) is 0 Å². The molecule has 2 unspecified atom stereocenters. The van der Waals surface area contributed by atoms with Crippen molar-refractivity contribution >= 4 is 12.7 Å². The van der Waals surface area contributed by atoms with Crippen LogP contribution in [0.5, 0.6) is 0 Å². The summed E-state index contributed by atoms with van der Waals surface area (Å²) in [5.74, 6) is 0. The summed E-state index contributed by atoms with van der Waals surface area (Å²) >= 11 is 0. The number of rotatable bonds is 5. The van der Waals surface area contributed by atoms with Gasteiger partial charge in [0.25, 0.3) is 7.37 Å². The summed E-state index contributed by atoms with van der Waals surface area (Å²) in [6.45, 7) is 3.43. The zero-order chi connectivity index (χ0) is 12.2. The minimum atomic E-state index is -3.72. The minimum Gasteiger partial charge on any atom is -0.380 e. The van der Waals surface area contributed by atoms with Gasteiger partial charge in [0.05, 0.1) is 0 Å². The van der Waals surface area contributed by atoms with Gasteiger partial charge in [-0.3, -0.25) is 4.57 Å². The first-order valence-electron chi connectivity index (χ1n) is 5.52. The molecule has 3 nitrogen and oxygen atoms in total. The first kappa shape index (κ1) is 13.4. The van der Waals surface area contributed by atoms with Gasteiger partial charge in [-0.05, 0) is 25.5 Å². The molecule has 16 heavy (non-hydrogen) atoms. The second kappa shape index (κ2) is 5.13. The number of benzene rings is 1. The molecular weight excluding hydrogens is 223 g/mol. The molecule has 2 N–H and O–H groups in total. The van der Waals surface area contributed by atoms with Gasteiger partial charge in [-0.15, -0.1) is 0 Å². The van der Waals surface area contributed by atoms with E-state index in [0.29, 0.717) is 11.7 Å². The Morgan fingerprint density at radius 1 is 1.31 bits per heavy atom. The predicted octanol–water partition coefficient (Wildman–Crippen LogP) is 2.48. The molecule has 0 heterocycles. The van der Waals surface area contributed by atoms with E-state index in [1.54, 1.807) is 30.3 Å². The molecule has 4 heteroatoms. The topological polar surface area (TPSA) is 57.5 Å². The summed E-state index contributed by atoms with van der Waals surface area (Å²) in [5, 5.41) is 8.89. The fourth-order valence-corrected chi connectivity index (χ4v) is 3.17. The van der Waals surface area contributed by atoms with Crippen LogP contribution in [0.25, 0.3) is 0 Å². The molecule has 1 aromatic carbocycles. The molecular formula is C12H19O3P. The Bertz CT molecular complexity index is 373. The molecule has 1 rings (SSSR count). The molecule has 0 saturated heterocycles. The van der Waals surface area contributed by atoms with E-state index in [4.69, 9.17) is 0 Å². The lowest BCUT2D eigenvalue weighted by Crippen LogP contribution is -2.29. The average Bonchev–Trinajstić information content (AvgIpc) is 2.27. The second-order valence-electron chi connectivity index (χ2n) is 4.23. The maximum absolute atomic E-state index is 12.2. The van der Waals surface area contributed by atoms with Crippen molar-refractivity contribution in [2.75, 3.05) is 0 Å². The van der Waals surface area contributed by atoms with Gasteiger partial charge in [-0.2, -0.15) is 0 Å². The minimum absolute atomic E-state index is 0.316. The zero-order valence-corrected chi connectivity index (χ0v) is 10.7. The van der Waals surface area contributed by atoms with Crippen LogP contribution in [0.15, 0.2) is 30.3 Å². The fraction of sp³-hybridized carbons (Fsp3) is 0.500. The molecule has 0 saturated carbocycles.